The molecule has 4 nitrogen and oxygen atoms in total. The van der Waals surface area contributed by atoms with Gasteiger partial charge in [0.25, 0.3) is 0 Å². The van der Waals surface area contributed by atoms with Crippen LogP contribution in [0.15, 0.2) is 0 Å². The molecule has 0 saturated heterocycles. The van der Waals surface area contributed by atoms with Crippen molar-refractivity contribution in [3.63, 3.8) is 0 Å². The van der Waals surface area contributed by atoms with Gasteiger partial charge in [0.05, 0.1) is 0 Å². The number of carbonyl (C=O) groups is 1. The molecule has 0 bridgehead atoms. The number of nitrogens with zero attached hydrogens (tertiary/aromatic N) is 1. The summed E-state index contributed by atoms with van der Waals surface area (Å²) < 4.78 is 0. The van der Waals surface area contributed by atoms with Crippen LogP contribution in [0.25, 0.3) is 0 Å². The monoisotopic (exact) mass is 215 g/mol. The van der Waals surface area contributed by atoms with E-state index in [1.54, 1.807) is 4.90 Å². The SMILES string of the molecule is CC(C)CCN(CCC(C)C)C(=O)NN. The molecule has 0 aromatic heterocycles. The fourth-order valence-corrected chi connectivity index (χ4v) is 1.23. The fourth-order valence-electron chi connectivity index (χ4n) is 1.23. The normalized spacial score (nSPS) is 10.9. The topological polar surface area (TPSA) is 58.4 Å². The van der Waals surface area contributed by atoms with Gasteiger partial charge in [0.15, 0.2) is 0 Å². The highest BCUT2D eigenvalue weighted by Gasteiger charge is 2.12. The number of hydrogen-bond donors (Lipinski definition) is 2. The molecule has 0 heterocycles. The van der Waals surface area contributed by atoms with E-state index in [1.165, 1.54) is 0 Å². The predicted octanol–water partition coefficient (Wildman–Crippen LogP) is 1.96. The Balaban J connectivity index is 4.01. The maximum absolute atomic E-state index is 11.4. The molecule has 0 saturated carbocycles. The lowest BCUT2D eigenvalue weighted by atomic mass is 10.1. The molecule has 0 radical (unpaired) electrons. The first-order valence-corrected chi connectivity index (χ1v) is 5.72. The Morgan fingerprint density at radius 1 is 1.13 bits per heavy atom. The second-order valence-corrected chi connectivity index (χ2v) is 4.80. The Bertz CT molecular complexity index is 169. The Morgan fingerprint density at radius 3 is 1.80 bits per heavy atom. The highest BCUT2D eigenvalue weighted by molar-refractivity contribution is 5.73. The van der Waals surface area contributed by atoms with E-state index < -0.39 is 0 Å². The summed E-state index contributed by atoms with van der Waals surface area (Å²) in [6.45, 7) is 10.2. The number of urea groups is 1. The van der Waals surface area contributed by atoms with E-state index in [2.05, 4.69) is 33.1 Å². The zero-order valence-electron chi connectivity index (χ0n) is 10.4. The van der Waals surface area contributed by atoms with Crippen molar-refractivity contribution in [2.75, 3.05) is 13.1 Å². The second-order valence-electron chi connectivity index (χ2n) is 4.80. The molecule has 0 atom stereocenters. The van der Waals surface area contributed by atoms with E-state index in [0.717, 1.165) is 25.9 Å². The lowest BCUT2D eigenvalue weighted by Crippen LogP contribution is -2.44. The summed E-state index contributed by atoms with van der Waals surface area (Å²) in [4.78, 5) is 13.2. The first-order chi connectivity index (χ1) is 6.97. The van der Waals surface area contributed by atoms with Gasteiger partial charge in [-0.25, -0.2) is 10.6 Å². The lowest BCUT2D eigenvalue weighted by Gasteiger charge is -2.23. The minimum atomic E-state index is -0.170. The zero-order valence-corrected chi connectivity index (χ0v) is 10.4. The van der Waals surface area contributed by atoms with Crippen LogP contribution >= 0.6 is 0 Å². The van der Waals surface area contributed by atoms with E-state index >= 15 is 0 Å². The van der Waals surface area contributed by atoms with Crippen molar-refractivity contribution >= 4 is 6.03 Å². The Labute approximate surface area is 93.2 Å². The standard InChI is InChI=1S/C11H25N3O/c1-9(2)5-7-14(11(15)13-12)8-6-10(3)4/h9-10H,5-8,12H2,1-4H3,(H,13,15). The van der Waals surface area contributed by atoms with E-state index in [9.17, 15) is 4.79 Å². The molecule has 0 spiro atoms. The van der Waals surface area contributed by atoms with Gasteiger partial charge in [-0.05, 0) is 24.7 Å². The Kier molecular flexibility index (Phi) is 7.13. The fraction of sp³-hybridized carbons (Fsp3) is 0.909. The molecule has 2 amide bonds. The van der Waals surface area contributed by atoms with Crippen LogP contribution in [0.1, 0.15) is 40.5 Å². The summed E-state index contributed by atoms with van der Waals surface area (Å²) in [7, 11) is 0. The van der Waals surface area contributed by atoms with Crippen LogP contribution in [0.5, 0.6) is 0 Å². The predicted molar refractivity (Wildman–Crippen MR) is 63.2 cm³/mol. The molecule has 0 fully saturated rings. The molecule has 0 unspecified atom stereocenters. The van der Waals surface area contributed by atoms with Gasteiger partial charge in [-0.1, -0.05) is 27.7 Å². The summed E-state index contributed by atoms with van der Waals surface area (Å²) in [6.07, 6.45) is 2.04. The minimum absolute atomic E-state index is 0.170. The highest BCUT2D eigenvalue weighted by Crippen LogP contribution is 2.06. The molecule has 0 aromatic carbocycles. The molecule has 15 heavy (non-hydrogen) atoms. The Morgan fingerprint density at radius 2 is 1.53 bits per heavy atom. The third kappa shape index (κ3) is 7.19. The van der Waals surface area contributed by atoms with Crippen molar-refractivity contribution in [2.45, 2.75) is 40.5 Å². The van der Waals surface area contributed by atoms with E-state index in [4.69, 9.17) is 5.84 Å². The molecular formula is C11H25N3O. The van der Waals surface area contributed by atoms with E-state index in [-0.39, 0.29) is 6.03 Å². The maximum atomic E-state index is 11.4. The lowest BCUT2D eigenvalue weighted by molar-refractivity contribution is 0.191. The van der Waals surface area contributed by atoms with Crippen LogP contribution < -0.4 is 11.3 Å². The van der Waals surface area contributed by atoms with Gasteiger partial charge in [0, 0.05) is 13.1 Å². The van der Waals surface area contributed by atoms with E-state index in [0.29, 0.717) is 11.8 Å². The molecule has 0 aliphatic heterocycles. The molecule has 0 aliphatic carbocycles. The third-order valence-corrected chi connectivity index (χ3v) is 2.36. The quantitative estimate of drug-likeness (QED) is 0.404. The molecule has 0 aromatic rings. The first-order valence-electron chi connectivity index (χ1n) is 5.72. The van der Waals surface area contributed by atoms with Crippen molar-refractivity contribution in [3.8, 4) is 0 Å². The van der Waals surface area contributed by atoms with Gasteiger partial charge >= 0.3 is 6.03 Å². The summed E-state index contributed by atoms with van der Waals surface area (Å²) in [5.41, 5.74) is 2.20. The number of nitrogens with one attached hydrogen (secondary N) is 1. The summed E-state index contributed by atoms with van der Waals surface area (Å²) >= 11 is 0. The van der Waals surface area contributed by atoms with Crippen molar-refractivity contribution in [2.24, 2.45) is 17.7 Å². The van der Waals surface area contributed by atoms with E-state index in [1.807, 2.05) is 0 Å². The summed E-state index contributed by atoms with van der Waals surface area (Å²) in [5, 5.41) is 0. The second kappa shape index (κ2) is 7.51. The van der Waals surface area contributed by atoms with Crippen LogP contribution in [-0.4, -0.2) is 24.0 Å². The third-order valence-electron chi connectivity index (χ3n) is 2.36. The summed E-state index contributed by atoms with van der Waals surface area (Å²) in [5.74, 6) is 6.36. The van der Waals surface area contributed by atoms with Crippen molar-refractivity contribution in [1.82, 2.24) is 10.3 Å². The number of nitrogens with two attached hydrogens (primary N) is 1. The van der Waals surface area contributed by atoms with Crippen LogP contribution in [-0.2, 0) is 0 Å². The number of amides is 2. The molecular weight excluding hydrogens is 190 g/mol. The van der Waals surface area contributed by atoms with Crippen LogP contribution in [0.2, 0.25) is 0 Å². The van der Waals surface area contributed by atoms with Gasteiger partial charge in [0.1, 0.15) is 0 Å². The van der Waals surface area contributed by atoms with Gasteiger partial charge in [0.2, 0.25) is 0 Å². The molecule has 0 aliphatic rings. The van der Waals surface area contributed by atoms with Gasteiger partial charge < -0.3 is 4.90 Å². The average molecular weight is 215 g/mol. The summed E-state index contributed by atoms with van der Waals surface area (Å²) in [6, 6.07) is -0.170. The smallest absolute Gasteiger partial charge is 0.324 e. The average Bonchev–Trinajstić information content (AvgIpc) is 2.16. The van der Waals surface area contributed by atoms with Crippen molar-refractivity contribution in [1.29, 1.82) is 0 Å². The van der Waals surface area contributed by atoms with Crippen molar-refractivity contribution < 1.29 is 4.79 Å². The number of carbonyl (C=O) groups excluding carboxylic acids is 1. The minimum Gasteiger partial charge on any atom is -0.324 e. The number of hydrogen-bond acceptors (Lipinski definition) is 2. The molecule has 90 valence electrons. The van der Waals surface area contributed by atoms with Gasteiger partial charge in [-0.15, -0.1) is 0 Å². The molecule has 3 N–H and O–H groups in total. The molecule has 0 rings (SSSR count). The van der Waals surface area contributed by atoms with Gasteiger partial charge in [-0.2, -0.15) is 0 Å². The largest absolute Gasteiger partial charge is 0.331 e. The van der Waals surface area contributed by atoms with Crippen LogP contribution in [0, 0.1) is 11.8 Å². The Hall–Kier alpha value is -0.770. The zero-order chi connectivity index (χ0) is 11.8. The van der Waals surface area contributed by atoms with Crippen LogP contribution in [0.4, 0.5) is 4.79 Å². The maximum Gasteiger partial charge on any atom is 0.331 e. The van der Waals surface area contributed by atoms with Gasteiger partial charge in [-0.3, -0.25) is 5.43 Å². The number of hydrazine groups is 1. The highest BCUT2D eigenvalue weighted by atomic mass is 16.2. The molecule has 4 heteroatoms. The first kappa shape index (κ1) is 14.2. The van der Waals surface area contributed by atoms with Crippen molar-refractivity contribution in [3.05, 3.63) is 0 Å². The van der Waals surface area contributed by atoms with Crippen LogP contribution in [0.3, 0.4) is 0 Å². The number of rotatable bonds is 6.